The number of nitrogens with one attached hydrogen (secondary N) is 3. The Morgan fingerprint density at radius 1 is 1.21 bits per heavy atom. The van der Waals surface area contributed by atoms with Gasteiger partial charge in [-0.15, -0.1) is 24.8 Å². The maximum atomic E-state index is 10.6. The summed E-state index contributed by atoms with van der Waals surface area (Å²) >= 11 is 11.9. The molecule has 3 N–H and O–H groups in total. The van der Waals surface area contributed by atoms with Crippen LogP contribution in [0.4, 0.5) is 11.4 Å². The molecule has 19 heavy (non-hydrogen) atoms. The van der Waals surface area contributed by atoms with Gasteiger partial charge in [0.15, 0.2) is 0 Å². The zero-order valence-corrected chi connectivity index (χ0v) is 12.6. The number of hydrogen-bond donors (Lipinski definition) is 3. The summed E-state index contributed by atoms with van der Waals surface area (Å²) < 4.78 is 0. The van der Waals surface area contributed by atoms with Gasteiger partial charge in [0, 0.05) is 25.2 Å². The van der Waals surface area contributed by atoms with E-state index in [2.05, 4.69) is 16.0 Å². The van der Waals surface area contributed by atoms with Crippen molar-refractivity contribution in [1.82, 2.24) is 10.6 Å². The van der Waals surface area contributed by atoms with Gasteiger partial charge < -0.3 is 5.32 Å². The second kappa shape index (κ2) is 7.94. The lowest BCUT2D eigenvalue weighted by atomic mass is 10.3. The van der Waals surface area contributed by atoms with Crippen molar-refractivity contribution in [2.24, 2.45) is 0 Å². The van der Waals surface area contributed by atoms with Gasteiger partial charge in [0.2, 0.25) is 0 Å². The first kappa shape index (κ1) is 18.5. The second-order valence-corrected chi connectivity index (χ2v) is 4.34. The number of nitrogens with zero attached hydrogens (tertiary/aromatic N) is 1. The van der Waals surface area contributed by atoms with Gasteiger partial charge in [-0.25, -0.2) is 0 Å². The molecule has 0 saturated carbocycles. The fourth-order valence-electron chi connectivity index (χ4n) is 1.55. The molecule has 2 rings (SSSR count). The van der Waals surface area contributed by atoms with Gasteiger partial charge in [0.1, 0.15) is 6.29 Å². The molecule has 10 heteroatoms. The van der Waals surface area contributed by atoms with Gasteiger partial charge in [-0.05, 0) is 0 Å². The summed E-state index contributed by atoms with van der Waals surface area (Å²) in [5.41, 5.74) is 0.351. The third-order valence-corrected chi connectivity index (χ3v) is 2.94. The molecular formula is C9H12Cl4N4O2. The summed E-state index contributed by atoms with van der Waals surface area (Å²) in [4.78, 5) is 10.1. The monoisotopic (exact) mass is 348 g/mol. The summed E-state index contributed by atoms with van der Waals surface area (Å²) in [6.07, 6.45) is -0.133. The fraction of sp³-hybridized carbons (Fsp3) is 0.333. The first-order chi connectivity index (χ1) is 8.08. The normalized spacial score (nSPS) is 14.4. The van der Waals surface area contributed by atoms with Gasteiger partial charge >= 0.3 is 0 Å². The maximum Gasteiger partial charge on any atom is 0.272 e. The van der Waals surface area contributed by atoms with Gasteiger partial charge in [0.25, 0.3) is 5.69 Å². The Morgan fingerprint density at radius 3 is 2.11 bits per heavy atom. The Bertz CT molecular complexity index is 431. The lowest BCUT2D eigenvalue weighted by molar-refractivity contribution is -0.384. The maximum absolute atomic E-state index is 10.6. The second-order valence-electron chi connectivity index (χ2n) is 3.53. The van der Waals surface area contributed by atoms with E-state index in [0.29, 0.717) is 5.69 Å². The first-order valence-electron chi connectivity index (χ1n) is 4.94. The fourth-order valence-corrected chi connectivity index (χ4v) is 2.14. The van der Waals surface area contributed by atoms with Crippen LogP contribution in [0.15, 0.2) is 12.1 Å². The first-order valence-corrected chi connectivity index (χ1v) is 5.70. The molecule has 0 unspecified atom stereocenters. The molecule has 0 amide bonds. The molecule has 1 aromatic rings. The van der Waals surface area contributed by atoms with Crippen molar-refractivity contribution in [3.63, 3.8) is 0 Å². The number of benzene rings is 1. The third-order valence-electron chi connectivity index (χ3n) is 2.35. The Labute approximate surface area is 132 Å². The zero-order valence-electron chi connectivity index (χ0n) is 9.48. The van der Waals surface area contributed by atoms with Gasteiger partial charge in [-0.3, -0.25) is 20.7 Å². The molecule has 0 bridgehead atoms. The minimum Gasteiger partial charge on any atom is -0.355 e. The highest BCUT2D eigenvalue weighted by atomic mass is 35.5. The topological polar surface area (TPSA) is 79.2 Å². The summed E-state index contributed by atoms with van der Waals surface area (Å²) in [5.74, 6) is 0. The van der Waals surface area contributed by atoms with Gasteiger partial charge in [0.05, 0.1) is 20.7 Å². The Balaban J connectivity index is 0.00000162. The third kappa shape index (κ3) is 4.52. The van der Waals surface area contributed by atoms with Crippen LogP contribution in [0.2, 0.25) is 10.0 Å². The number of nitro benzene ring substituents is 1. The van der Waals surface area contributed by atoms with Crippen molar-refractivity contribution in [1.29, 1.82) is 0 Å². The molecule has 0 radical (unpaired) electrons. The number of anilines is 1. The van der Waals surface area contributed by atoms with Gasteiger partial charge in [-0.2, -0.15) is 0 Å². The summed E-state index contributed by atoms with van der Waals surface area (Å²) in [7, 11) is 0. The lowest BCUT2D eigenvalue weighted by Crippen LogP contribution is -2.38. The minimum atomic E-state index is -0.534. The standard InChI is InChI=1S/C9H10Cl2N4O2.2ClH/c10-6-3-5(15(16)17)4-7(11)8(6)14-9-12-1-2-13-9;;/h3-4,9,12-14H,1-2H2;2*1H. The van der Waals surface area contributed by atoms with Crippen LogP contribution in [0, 0.1) is 10.1 Å². The molecule has 0 atom stereocenters. The smallest absolute Gasteiger partial charge is 0.272 e. The van der Waals surface area contributed by atoms with Crippen molar-refractivity contribution >= 4 is 59.4 Å². The lowest BCUT2D eigenvalue weighted by Gasteiger charge is -2.16. The highest BCUT2D eigenvalue weighted by Gasteiger charge is 2.18. The predicted molar refractivity (Wildman–Crippen MR) is 81.0 cm³/mol. The molecule has 1 aromatic carbocycles. The van der Waals surface area contributed by atoms with E-state index in [1.54, 1.807) is 0 Å². The summed E-state index contributed by atoms with van der Waals surface area (Å²) in [6, 6.07) is 2.54. The van der Waals surface area contributed by atoms with E-state index in [0.717, 1.165) is 13.1 Å². The van der Waals surface area contributed by atoms with Crippen LogP contribution < -0.4 is 16.0 Å². The van der Waals surface area contributed by atoms with E-state index in [9.17, 15) is 10.1 Å². The van der Waals surface area contributed by atoms with Crippen LogP contribution in [-0.4, -0.2) is 24.3 Å². The van der Waals surface area contributed by atoms with Crippen LogP contribution >= 0.6 is 48.0 Å². The number of rotatable bonds is 3. The number of non-ortho nitro benzene ring substituents is 1. The van der Waals surface area contributed by atoms with Crippen LogP contribution in [-0.2, 0) is 0 Å². The number of hydrogen-bond acceptors (Lipinski definition) is 5. The molecule has 0 aliphatic carbocycles. The van der Waals surface area contributed by atoms with Crippen LogP contribution in [0.1, 0.15) is 0 Å². The van der Waals surface area contributed by atoms with E-state index < -0.39 is 4.92 Å². The highest BCUT2D eigenvalue weighted by Crippen LogP contribution is 2.34. The van der Waals surface area contributed by atoms with E-state index in [1.165, 1.54) is 12.1 Å². The van der Waals surface area contributed by atoms with E-state index in [1.807, 2.05) is 0 Å². The molecule has 1 fully saturated rings. The molecule has 1 aliphatic rings. The average molecular weight is 350 g/mol. The van der Waals surface area contributed by atoms with Gasteiger partial charge in [-0.1, -0.05) is 23.2 Å². The molecule has 1 heterocycles. The molecule has 0 spiro atoms. The minimum absolute atomic E-state index is 0. The van der Waals surface area contributed by atoms with E-state index >= 15 is 0 Å². The van der Waals surface area contributed by atoms with E-state index in [4.69, 9.17) is 23.2 Å². The largest absolute Gasteiger partial charge is 0.355 e. The van der Waals surface area contributed by atoms with Crippen molar-refractivity contribution in [3.05, 3.63) is 32.3 Å². The molecule has 108 valence electrons. The molecular weight excluding hydrogens is 338 g/mol. The Kier molecular flexibility index (Phi) is 7.73. The Hall–Kier alpha value is -0.500. The Morgan fingerprint density at radius 2 is 1.68 bits per heavy atom. The van der Waals surface area contributed by atoms with Crippen LogP contribution in [0.25, 0.3) is 0 Å². The number of nitro groups is 1. The van der Waals surface area contributed by atoms with Crippen molar-refractivity contribution < 1.29 is 4.92 Å². The predicted octanol–water partition coefficient (Wildman–Crippen LogP) is 2.63. The highest BCUT2D eigenvalue weighted by molar-refractivity contribution is 6.39. The molecule has 0 aromatic heterocycles. The molecule has 6 nitrogen and oxygen atoms in total. The van der Waals surface area contributed by atoms with Crippen molar-refractivity contribution in [2.75, 3.05) is 18.4 Å². The molecule has 1 aliphatic heterocycles. The van der Waals surface area contributed by atoms with Crippen LogP contribution in [0.5, 0.6) is 0 Å². The van der Waals surface area contributed by atoms with Crippen molar-refractivity contribution in [2.45, 2.75) is 6.29 Å². The SMILES string of the molecule is Cl.Cl.O=[N+]([O-])c1cc(Cl)c(NC2NCCN2)c(Cl)c1. The van der Waals surface area contributed by atoms with Crippen molar-refractivity contribution in [3.8, 4) is 0 Å². The average Bonchev–Trinajstić information content (AvgIpc) is 2.75. The quantitative estimate of drug-likeness (QED) is 0.577. The van der Waals surface area contributed by atoms with Crippen LogP contribution in [0.3, 0.4) is 0 Å². The summed E-state index contributed by atoms with van der Waals surface area (Å²) in [6.45, 7) is 1.67. The number of halogens is 4. The zero-order chi connectivity index (χ0) is 12.4. The summed E-state index contributed by atoms with van der Waals surface area (Å²) in [5, 5.41) is 20.3. The molecule has 1 saturated heterocycles. The van der Waals surface area contributed by atoms with E-state index in [-0.39, 0.29) is 46.8 Å².